The maximum absolute atomic E-state index is 12.7. The van der Waals surface area contributed by atoms with E-state index < -0.39 is 5.97 Å². The van der Waals surface area contributed by atoms with Crippen LogP contribution in [0.5, 0.6) is 11.5 Å². The Balaban J connectivity index is 2.21. The number of carbonyl (C=O) groups is 3. The third-order valence-corrected chi connectivity index (χ3v) is 4.85. The number of nitrogens with one attached hydrogen (secondary N) is 2. The Kier molecular flexibility index (Phi) is 8.24. The minimum Gasteiger partial charge on any atom is -0.490 e. The average Bonchev–Trinajstić information content (AvgIpc) is 3.04. The minimum absolute atomic E-state index is 0.0990. The quantitative estimate of drug-likeness (QED) is 0.441. The number of esters is 1. The second-order valence-electron chi connectivity index (χ2n) is 7.06. The number of carbonyl (C=O) groups excluding carboxylic acids is 3. The van der Waals surface area contributed by atoms with E-state index in [-0.39, 0.29) is 29.7 Å². The van der Waals surface area contributed by atoms with Crippen molar-refractivity contribution >= 4 is 17.7 Å². The Hall–Kier alpha value is -3.29. The summed E-state index contributed by atoms with van der Waals surface area (Å²) in [5.74, 6) is 0.140. The predicted molar refractivity (Wildman–Crippen MR) is 116 cm³/mol. The largest absolute Gasteiger partial charge is 0.490 e. The average molecular weight is 431 g/mol. The lowest BCUT2D eigenvalue weighted by atomic mass is 10.1. The number of benzene rings is 1. The summed E-state index contributed by atoms with van der Waals surface area (Å²) >= 11 is 0. The first-order valence-corrected chi connectivity index (χ1v) is 10.2. The van der Waals surface area contributed by atoms with E-state index in [1.54, 1.807) is 6.92 Å². The lowest BCUT2D eigenvalue weighted by molar-refractivity contribution is -0.121. The van der Waals surface area contributed by atoms with E-state index in [1.165, 1.54) is 14.0 Å². The lowest BCUT2D eigenvalue weighted by Crippen LogP contribution is -2.28. The molecule has 2 N–H and O–H groups in total. The van der Waals surface area contributed by atoms with Crippen LogP contribution in [0.25, 0.3) is 0 Å². The van der Waals surface area contributed by atoms with Crippen LogP contribution >= 0.6 is 0 Å². The molecular weight excluding hydrogens is 400 g/mol. The summed E-state index contributed by atoms with van der Waals surface area (Å²) in [5, 5.41) is 2.92. The Labute approximate surface area is 182 Å². The topological polar surface area (TPSA) is 107 Å². The van der Waals surface area contributed by atoms with Crippen LogP contribution in [-0.4, -0.2) is 43.0 Å². The molecule has 0 aliphatic heterocycles. The highest BCUT2D eigenvalue weighted by Gasteiger charge is 2.25. The van der Waals surface area contributed by atoms with Crippen LogP contribution < -0.4 is 14.8 Å². The summed E-state index contributed by atoms with van der Waals surface area (Å²) in [7, 11) is 1.26. The standard InChI is InChI=1S/C23H30N2O6/c1-7-30-18-10-9-16(11-19(18)31-8-2)14(4)24-20(27)12-17-21(23(28)29-6)13(3)22(25-17)15(5)26/h9-11,14,25H,7-8,12H2,1-6H3,(H,24,27). The van der Waals surface area contributed by atoms with Gasteiger partial charge in [0.25, 0.3) is 0 Å². The van der Waals surface area contributed by atoms with E-state index in [4.69, 9.17) is 14.2 Å². The van der Waals surface area contributed by atoms with E-state index in [2.05, 4.69) is 10.3 Å². The molecule has 168 valence electrons. The number of aromatic amines is 1. The van der Waals surface area contributed by atoms with Gasteiger partial charge in [0.1, 0.15) is 0 Å². The van der Waals surface area contributed by atoms with E-state index >= 15 is 0 Å². The van der Waals surface area contributed by atoms with Gasteiger partial charge in [-0.1, -0.05) is 6.07 Å². The number of hydrogen-bond donors (Lipinski definition) is 2. The second-order valence-corrected chi connectivity index (χ2v) is 7.06. The van der Waals surface area contributed by atoms with Crippen molar-refractivity contribution in [3.63, 3.8) is 0 Å². The molecule has 8 heteroatoms. The van der Waals surface area contributed by atoms with E-state index in [9.17, 15) is 14.4 Å². The number of ketones is 1. The monoisotopic (exact) mass is 430 g/mol. The van der Waals surface area contributed by atoms with Gasteiger partial charge >= 0.3 is 5.97 Å². The maximum atomic E-state index is 12.7. The fourth-order valence-corrected chi connectivity index (χ4v) is 3.39. The molecule has 1 aromatic heterocycles. The van der Waals surface area contributed by atoms with Gasteiger partial charge in [0.05, 0.1) is 44.0 Å². The number of amides is 1. The summed E-state index contributed by atoms with van der Waals surface area (Å²) in [6.45, 7) is 9.70. The first-order valence-electron chi connectivity index (χ1n) is 10.2. The second kappa shape index (κ2) is 10.7. The van der Waals surface area contributed by atoms with Crippen LogP contribution in [-0.2, 0) is 16.0 Å². The van der Waals surface area contributed by atoms with Crippen molar-refractivity contribution in [1.82, 2.24) is 10.3 Å². The van der Waals surface area contributed by atoms with Crippen LogP contribution in [0, 0.1) is 6.92 Å². The molecule has 0 radical (unpaired) electrons. The number of Topliss-reactive ketones (excluding diaryl/α,β-unsaturated/α-hetero) is 1. The molecule has 0 bridgehead atoms. The van der Waals surface area contributed by atoms with Gasteiger partial charge in [-0.15, -0.1) is 0 Å². The van der Waals surface area contributed by atoms with Crippen LogP contribution in [0.4, 0.5) is 0 Å². The normalized spacial score (nSPS) is 11.5. The van der Waals surface area contributed by atoms with Gasteiger partial charge in [0, 0.05) is 12.6 Å². The number of aromatic nitrogens is 1. The lowest BCUT2D eigenvalue weighted by Gasteiger charge is -2.17. The highest BCUT2D eigenvalue weighted by Crippen LogP contribution is 2.31. The molecule has 0 aliphatic carbocycles. The van der Waals surface area contributed by atoms with Gasteiger partial charge in [0.15, 0.2) is 17.3 Å². The number of methoxy groups -OCH3 is 1. The SMILES string of the molecule is CCOc1ccc(C(C)NC(=O)Cc2[nH]c(C(C)=O)c(C)c2C(=O)OC)cc1OCC. The van der Waals surface area contributed by atoms with Crippen LogP contribution in [0.3, 0.4) is 0 Å². The van der Waals surface area contributed by atoms with Crippen LogP contribution in [0.2, 0.25) is 0 Å². The Bertz CT molecular complexity index is 963. The van der Waals surface area contributed by atoms with E-state index in [0.717, 1.165) is 5.56 Å². The molecule has 1 atom stereocenters. The minimum atomic E-state index is -0.593. The van der Waals surface area contributed by atoms with Crippen molar-refractivity contribution in [2.75, 3.05) is 20.3 Å². The first-order chi connectivity index (χ1) is 14.7. The molecule has 1 heterocycles. The molecular formula is C23H30N2O6. The highest BCUT2D eigenvalue weighted by atomic mass is 16.5. The fraction of sp³-hybridized carbons (Fsp3) is 0.435. The molecule has 0 saturated heterocycles. The Morgan fingerprint density at radius 3 is 2.32 bits per heavy atom. The number of H-pyrrole nitrogens is 1. The van der Waals surface area contributed by atoms with Gasteiger partial charge in [0.2, 0.25) is 5.91 Å². The third-order valence-electron chi connectivity index (χ3n) is 4.85. The van der Waals surface area contributed by atoms with Crippen LogP contribution in [0.15, 0.2) is 18.2 Å². The van der Waals surface area contributed by atoms with Crippen molar-refractivity contribution in [1.29, 1.82) is 0 Å². The third kappa shape index (κ3) is 5.65. The fourth-order valence-electron chi connectivity index (χ4n) is 3.39. The molecule has 8 nitrogen and oxygen atoms in total. The predicted octanol–water partition coefficient (Wildman–Crippen LogP) is 3.53. The number of hydrogen-bond acceptors (Lipinski definition) is 6. The Morgan fingerprint density at radius 2 is 1.74 bits per heavy atom. The van der Waals surface area contributed by atoms with Gasteiger partial charge in [-0.05, 0) is 51.0 Å². The van der Waals surface area contributed by atoms with E-state index in [1.807, 2.05) is 39.0 Å². The zero-order valence-corrected chi connectivity index (χ0v) is 18.9. The Morgan fingerprint density at radius 1 is 1.10 bits per heavy atom. The molecule has 2 rings (SSSR count). The summed E-state index contributed by atoms with van der Waals surface area (Å²) in [5.41, 5.74) is 2.18. The molecule has 0 aliphatic rings. The zero-order valence-electron chi connectivity index (χ0n) is 18.9. The molecule has 0 fully saturated rings. The summed E-state index contributed by atoms with van der Waals surface area (Å²) in [6.07, 6.45) is -0.0990. The van der Waals surface area contributed by atoms with Crippen molar-refractivity contribution in [2.24, 2.45) is 0 Å². The highest BCUT2D eigenvalue weighted by molar-refractivity contribution is 6.01. The van der Waals surface area contributed by atoms with Crippen molar-refractivity contribution in [3.8, 4) is 11.5 Å². The van der Waals surface area contributed by atoms with Gasteiger partial charge < -0.3 is 24.5 Å². The van der Waals surface area contributed by atoms with Crippen molar-refractivity contribution < 1.29 is 28.6 Å². The van der Waals surface area contributed by atoms with E-state index in [0.29, 0.717) is 41.7 Å². The smallest absolute Gasteiger partial charge is 0.339 e. The van der Waals surface area contributed by atoms with Crippen molar-refractivity contribution in [2.45, 2.75) is 47.1 Å². The summed E-state index contributed by atoms with van der Waals surface area (Å²) in [4.78, 5) is 39.6. The summed E-state index contributed by atoms with van der Waals surface area (Å²) < 4.78 is 16.0. The maximum Gasteiger partial charge on any atom is 0.339 e. The molecule has 0 saturated carbocycles. The summed E-state index contributed by atoms with van der Waals surface area (Å²) in [6, 6.07) is 5.21. The van der Waals surface area contributed by atoms with Gasteiger partial charge in [-0.3, -0.25) is 9.59 Å². The molecule has 0 spiro atoms. The molecule has 1 aromatic carbocycles. The van der Waals surface area contributed by atoms with Crippen LogP contribution in [0.1, 0.15) is 71.4 Å². The number of ether oxygens (including phenoxy) is 3. The zero-order chi connectivity index (χ0) is 23.1. The molecule has 1 unspecified atom stereocenters. The van der Waals surface area contributed by atoms with Gasteiger partial charge in [-0.2, -0.15) is 0 Å². The first kappa shape index (κ1) is 24.0. The van der Waals surface area contributed by atoms with Gasteiger partial charge in [-0.25, -0.2) is 4.79 Å². The molecule has 31 heavy (non-hydrogen) atoms. The van der Waals surface area contributed by atoms with Crippen molar-refractivity contribution in [3.05, 3.63) is 46.3 Å². The molecule has 2 aromatic rings. The number of rotatable bonds is 10. The molecule has 1 amide bonds.